The first-order valence-electron chi connectivity index (χ1n) is 7.51. The van der Waals surface area contributed by atoms with Crippen molar-refractivity contribution in [1.82, 2.24) is 4.31 Å². The van der Waals surface area contributed by atoms with Crippen LogP contribution in [-0.2, 0) is 10.0 Å². The molecule has 1 saturated carbocycles. The Morgan fingerprint density at radius 3 is 2.48 bits per heavy atom. The summed E-state index contributed by atoms with van der Waals surface area (Å²) in [5, 5.41) is 0. The highest BCUT2D eigenvalue weighted by molar-refractivity contribution is 7.89. The highest BCUT2D eigenvalue weighted by Crippen LogP contribution is 2.41. The Balaban J connectivity index is 1.77. The van der Waals surface area contributed by atoms with Gasteiger partial charge in [-0.3, -0.25) is 0 Å². The number of hydrogen-bond acceptors (Lipinski definition) is 4. The van der Waals surface area contributed by atoms with Crippen LogP contribution < -0.4 is 10.5 Å². The van der Waals surface area contributed by atoms with Crippen molar-refractivity contribution in [3.63, 3.8) is 0 Å². The summed E-state index contributed by atoms with van der Waals surface area (Å²) in [7, 11) is -3.44. The number of ether oxygens (including phenoxy) is 1. The maximum absolute atomic E-state index is 12.7. The van der Waals surface area contributed by atoms with Crippen LogP contribution in [0.15, 0.2) is 29.2 Å². The minimum atomic E-state index is -3.44. The van der Waals surface area contributed by atoms with Crippen LogP contribution in [-0.4, -0.2) is 38.5 Å². The quantitative estimate of drug-likeness (QED) is 0.893. The zero-order chi connectivity index (χ0) is 15.0. The lowest BCUT2D eigenvalue weighted by atomic mass is 9.99. The second-order valence-corrected chi connectivity index (χ2v) is 7.83. The number of hydrogen-bond donors (Lipinski definition) is 1. The Morgan fingerprint density at radius 2 is 1.90 bits per heavy atom. The summed E-state index contributed by atoms with van der Waals surface area (Å²) in [5.74, 6) is 1.63. The van der Waals surface area contributed by atoms with E-state index in [0.29, 0.717) is 42.2 Å². The van der Waals surface area contributed by atoms with E-state index < -0.39 is 10.0 Å². The Labute approximate surface area is 126 Å². The molecule has 2 fully saturated rings. The predicted molar refractivity (Wildman–Crippen MR) is 80.6 cm³/mol. The Kier molecular flexibility index (Phi) is 3.94. The zero-order valence-corrected chi connectivity index (χ0v) is 13.1. The molecule has 1 heterocycles. The first-order chi connectivity index (χ1) is 10.0. The molecule has 1 aliphatic heterocycles. The van der Waals surface area contributed by atoms with Crippen LogP contribution in [0.5, 0.6) is 5.75 Å². The standard InChI is InChI=1S/C15H22N2O3S/c1-2-20-12-5-7-13(8-6-12)21(18,19)17-9-14(11-3-4-11)15(16)10-17/h5-8,11,14-15H,2-4,9-10,16H2,1H3/t14-,15+/m0/s1. The molecule has 0 unspecified atom stereocenters. The molecule has 1 aliphatic carbocycles. The third kappa shape index (κ3) is 2.93. The van der Waals surface area contributed by atoms with Crippen LogP contribution in [0, 0.1) is 11.8 Å². The van der Waals surface area contributed by atoms with Gasteiger partial charge >= 0.3 is 0 Å². The molecule has 0 spiro atoms. The van der Waals surface area contributed by atoms with Gasteiger partial charge in [0.05, 0.1) is 11.5 Å². The topological polar surface area (TPSA) is 72.6 Å². The lowest BCUT2D eigenvalue weighted by molar-refractivity contribution is 0.340. The van der Waals surface area contributed by atoms with Crippen molar-refractivity contribution in [3.8, 4) is 5.75 Å². The molecule has 116 valence electrons. The summed E-state index contributed by atoms with van der Waals surface area (Å²) in [6, 6.07) is 6.58. The molecule has 2 aliphatic rings. The van der Waals surface area contributed by atoms with Crippen molar-refractivity contribution in [3.05, 3.63) is 24.3 Å². The van der Waals surface area contributed by atoms with Crippen molar-refractivity contribution in [2.45, 2.75) is 30.7 Å². The minimum absolute atomic E-state index is 0.0324. The van der Waals surface area contributed by atoms with Gasteiger partial charge in [0.15, 0.2) is 0 Å². The molecule has 2 atom stereocenters. The van der Waals surface area contributed by atoms with Gasteiger partial charge in [-0.1, -0.05) is 0 Å². The third-order valence-electron chi connectivity index (χ3n) is 4.38. The summed E-state index contributed by atoms with van der Waals surface area (Å²) < 4.78 is 32.2. The van der Waals surface area contributed by atoms with Gasteiger partial charge in [-0.15, -0.1) is 0 Å². The third-order valence-corrected chi connectivity index (χ3v) is 6.22. The summed E-state index contributed by atoms with van der Waals surface area (Å²) in [6.45, 7) is 3.45. The van der Waals surface area contributed by atoms with Crippen LogP contribution >= 0.6 is 0 Å². The summed E-state index contributed by atoms with van der Waals surface area (Å²) in [6.07, 6.45) is 2.38. The molecule has 3 rings (SSSR count). The lowest BCUT2D eigenvalue weighted by Crippen LogP contribution is -2.32. The van der Waals surface area contributed by atoms with Crippen LogP contribution in [0.3, 0.4) is 0 Å². The fourth-order valence-electron chi connectivity index (χ4n) is 3.06. The van der Waals surface area contributed by atoms with E-state index >= 15 is 0 Å². The van der Waals surface area contributed by atoms with Gasteiger partial charge in [0.25, 0.3) is 0 Å². The van der Waals surface area contributed by atoms with Crippen molar-refractivity contribution < 1.29 is 13.2 Å². The largest absolute Gasteiger partial charge is 0.494 e. The first-order valence-corrected chi connectivity index (χ1v) is 8.95. The molecule has 1 aromatic carbocycles. The predicted octanol–water partition coefficient (Wildman–Crippen LogP) is 1.44. The molecule has 0 bridgehead atoms. The summed E-state index contributed by atoms with van der Waals surface area (Å²) in [5.41, 5.74) is 6.12. The minimum Gasteiger partial charge on any atom is -0.494 e. The molecular weight excluding hydrogens is 288 g/mol. The molecule has 0 aromatic heterocycles. The van der Waals surface area contributed by atoms with E-state index in [-0.39, 0.29) is 6.04 Å². The van der Waals surface area contributed by atoms with Gasteiger partial charge < -0.3 is 10.5 Å². The van der Waals surface area contributed by atoms with E-state index in [1.54, 1.807) is 24.3 Å². The van der Waals surface area contributed by atoms with Crippen molar-refractivity contribution in [2.75, 3.05) is 19.7 Å². The second kappa shape index (κ2) is 5.59. The molecule has 21 heavy (non-hydrogen) atoms. The van der Waals surface area contributed by atoms with Gasteiger partial charge in [-0.2, -0.15) is 4.31 Å². The van der Waals surface area contributed by atoms with E-state index in [1.807, 2.05) is 6.92 Å². The van der Waals surface area contributed by atoms with Crippen LogP contribution in [0.1, 0.15) is 19.8 Å². The van der Waals surface area contributed by atoms with Gasteiger partial charge in [0, 0.05) is 19.1 Å². The Bertz CT molecular complexity index is 596. The van der Waals surface area contributed by atoms with E-state index in [2.05, 4.69) is 0 Å². The van der Waals surface area contributed by atoms with Gasteiger partial charge in [0.1, 0.15) is 5.75 Å². The van der Waals surface area contributed by atoms with Gasteiger partial charge in [-0.05, 0) is 55.9 Å². The molecule has 5 nitrogen and oxygen atoms in total. The maximum Gasteiger partial charge on any atom is 0.243 e. The first kappa shape index (κ1) is 14.8. The molecular formula is C15H22N2O3S. The number of nitrogens with zero attached hydrogens (tertiary/aromatic N) is 1. The van der Waals surface area contributed by atoms with Gasteiger partial charge in [-0.25, -0.2) is 8.42 Å². The SMILES string of the molecule is CCOc1ccc(S(=O)(=O)N2C[C@@H](N)[C@H](C3CC3)C2)cc1. The highest BCUT2D eigenvalue weighted by atomic mass is 32.2. The van der Waals surface area contributed by atoms with Crippen molar-refractivity contribution in [1.29, 1.82) is 0 Å². The van der Waals surface area contributed by atoms with Crippen molar-refractivity contribution >= 4 is 10.0 Å². The smallest absolute Gasteiger partial charge is 0.243 e. The zero-order valence-electron chi connectivity index (χ0n) is 12.2. The molecule has 6 heteroatoms. The van der Waals surface area contributed by atoms with Gasteiger partial charge in [0.2, 0.25) is 10.0 Å². The highest BCUT2D eigenvalue weighted by Gasteiger charge is 2.44. The fourth-order valence-corrected chi connectivity index (χ4v) is 4.57. The van der Waals surface area contributed by atoms with E-state index in [1.165, 1.54) is 17.1 Å². The average molecular weight is 310 g/mol. The molecule has 1 saturated heterocycles. The number of rotatable bonds is 5. The van der Waals surface area contributed by atoms with E-state index in [0.717, 1.165) is 0 Å². The number of sulfonamides is 1. The maximum atomic E-state index is 12.7. The second-order valence-electron chi connectivity index (χ2n) is 5.89. The van der Waals surface area contributed by atoms with Crippen LogP contribution in [0.2, 0.25) is 0 Å². The molecule has 1 aromatic rings. The fraction of sp³-hybridized carbons (Fsp3) is 0.600. The molecule has 0 amide bonds. The van der Waals surface area contributed by atoms with Crippen molar-refractivity contribution in [2.24, 2.45) is 17.6 Å². The molecule has 0 radical (unpaired) electrons. The lowest BCUT2D eigenvalue weighted by Gasteiger charge is -2.16. The summed E-state index contributed by atoms with van der Waals surface area (Å²) in [4.78, 5) is 0.314. The average Bonchev–Trinajstić information content (AvgIpc) is 3.22. The Hall–Kier alpha value is -1.11. The number of nitrogens with two attached hydrogens (primary N) is 1. The van der Waals surface area contributed by atoms with E-state index in [9.17, 15) is 8.42 Å². The monoisotopic (exact) mass is 310 g/mol. The van der Waals surface area contributed by atoms with Crippen LogP contribution in [0.25, 0.3) is 0 Å². The Morgan fingerprint density at radius 1 is 1.24 bits per heavy atom. The normalized spacial score (nSPS) is 27.0. The number of benzene rings is 1. The van der Waals surface area contributed by atoms with E-state index in [4.69, 9.17) is 10.5 Å². The van der Waals surface area contributed by atoms with Crippen LogP contribution in [0.4, 0.5) is 0 Å². The molecule has 2 N–H and O–H groups in total. The summed E-state index contributed by atoms with van der Waals surface area (Å²) >= 11 is 0.